The summed E-state index contributed by atoms with van der Waals surface area (Å²) in [5, 5.41) is 13.0. The number of hydrogen-bond acceptors (Lipinski definition) is 6. The van der Waals surface area contributed by atoms with Gasteiger partial charge in [0, 0.05) is 24.5 Å². The van der Waals surface area contributed by atoms with Gasteiger partial charge in [-0.3, -0.25) is 4.90 Å². The van der Waals surface area contributed by atoms with Gasteiger partial charge in [0.05, 0.1) is 31.6 Å². The van der Waals surface area contributed by atoms with Crippen molar-refractivity contribution in [3.8, 4) is 22.1 Å². The fourth-order valence-electron chi connectivity index (χ4n) is 3.90. The number of methoxy groups -OCH3 is 2. The van der Waals surface area contributed by atoms with Crippen LogP contribution < -0.4 is 9.47 Å². The standard InChI is InChI=1S/C21H30N2O3S/c1-15(24)12-23(17-8-5-4-6-9-17)13-16-14-27-21(22-16)18-10-7-11-19(25-2)20(18)26-3/h7,10-11,14-15,17,24H,4-6,8-9,12-13H2,1-3H3. The van der Waals surface area contributed by atoms with Gasteiger partial charge in [0.25, 0.3) is 0 Å². The zero-order valence-corrected chi connectivity index (χ0v) is 17.3. The molecule has 1 heterocycles. The van der Waals surface area contributed by atoms with Crippen LogP contribution in [0.2, 0.25) is 0 Å². The first-order valence-corrected chi connectivity index (χ1v) is 10.6. The summed E-state index contributed by atoms with van der Waals surface area (Å²) >= 11 is 1.62. The van der Waals surface area contributed by atoms with Crippen LogP contribution in [0.1, 0.15) is 44.7 Å². The van der Waals surface area contributed by atoms with Gasteiger partial charge in [0.2, 0.25) is 0 Å². The van der Waals surface area contributed by atoms with Gasteiger partial charge in [-0.2, -0.15) is 0 Å². The smallest absolute Gasteiger partial charge is 0.170 e. The number of hydrogen-bond donors (Lipinski definition) is 1. The van der Waals surface area contributed by atoms with Crippen LogP contribution in [0.4, 0.5) is 0 Å². The van der Waals surface area contributed by atoms with Crippen molar-refractivity contribution in [1.82, 2.24) is 9.88 Å². The number of nitrogens with zero attached hydrogens (tertiary/aromatic N) is 2. The van der Waals surface area contributed by atoms with Gasteiger partial charge in [-0.15, -0.1) is 11.3 Å². The van der Waals surface area contributed by atoms with E-state index in [1.807, 2.05) is 25.1 Å². The molecular formula is C21H30N2O3S. The maximum atomic E-state index is 9.95. The number of para-hydroxylation sites is 1. The molecule has 1 saturated carbocycles. The molecule has 5 nitrogen and oxygen atoms in total. The first kappa shape index (κ1) is 20.1. The Kier molecular flexibility index (Phi) is 7.10. The average molecular weight is 391 g/mol. The topological polar surface area (TPSA) is 54.8 Å². The second kappa shape index (κ2) is 9.53. The summed E-state index contributed by atoms with van der Waals surface area (Å²) in [5.41, 5.74) is 2.00. The normalized spacial score (nSPS) is 16.5. The van der Waals surface area contributed by atoms with Crippen LogP contribution in [-0.2, 0) is 6.54 Å². The number of ether oxygens (including phenoxy) is 2. The molecule has 1 fully saturated rings. The number of aliphatic hydroxyl groups excluding tert-OH is 1. The molecule has 1 aliphatic rings. The van der Waals surface area contributed by atoms with Crippen molar-refractivity contribution in [1.29, 1.82) is 0 Å². The monoisotopic (exact) mass is 390 g/mol. The highest BCUT2D eigenvalue weighted by Gasteiger charge is 2.23. The van der Waals surface area contributed by atoms with E-state index in [1.165, 1.54) is 32.1 Å². The Balaban J connectivity index is 1.80. The number of benzene rings is 1. The maximum Gasteiger partial charge on any atom is 0.170 e. The lowest BCUT2D eigenvalue weighted by Gasteiger charge is -2.34. The first-order chi connectivity index (χ1) is 13.1. The van der Waals surface area contributed by atoms with Crippen LogP contribution in [0.5, 0.6) is 11.5 Å². The van der Waals surface area contributed by atoms with Gasteiger partial charge in [0.1, 0.15) is 5.01 Å². The third-order valence-electron chi connectivity index (χ3n) is 5.14. The summed E-state index contributed by atoms with van der Waals surface area (Å²) in [5.74, 6) is 1.43. The van der Waals surface area contributed by atoms with Gasteiger partial charge >= 0.3 is 0 Å². The van der Waals surface area contributed by atoms with E-state index < -0.39 is 0 Å². The minimum atomic E-state index is -0.330. The van der Waals surface area contributed by atoms with Crippen LogP contribution in [0.3, 0.4) is 0 Å². The molecule has 0 amide bonds. The van der Waals surface area contributed by atoms with Crippen molar-refractivity contribution in [2.45, 2.75) is 57.7 Å². The fourth-order valence-corrected chi connectivity index (χ4v) is 4.73. The molecule has 0 aliphatic heterocycles. The molecule has 0 spiro atoms. The Morgan fingerprint density at radius 1 is 1.22 bits per heavy atom. The molecule has 1 N–H and O–H groups in total. The van der Waals surface area contributed by atoms with Gasteiger partial charge < -0.3 is 14.6 Å². The van der Waals surface area contributed by atoms with Crippen molar-refractivity contribution >= 4 is 11.3 Å². The maximum absolute atomic E-state index is 9.95. The molecule has 3 rings (SSSR count). The lowest BCUT2D eigenvalue weighted by Crippen LogP contribution is -2.40. The number of aromatic nitrogens is 1. The second-order valence-corrected chi connectivity index (χ2v) is 8.11. The van der Waals surface area contributed by atoms with Crippen molar-refractivity contribution < 1.29 is 14.6 Å². The van der Waals surface area contributed by atoms with Crippen LogP contribution in [0.25, 0.3) is 10.6 Å². The molecule has 2 aromatic rings. The molecule has 1 unspecified atom stereocenters. The zero-order chi connectivity index (χ0) is 19.2. The summed E-state index contributed by atoms with van der Waals surface area (Å²) < 4.78 is 11.0. The Morgan fingerprint density at radius 3 is 2.67 bits per heavy atom. The van der Waals surface area contributed by atoms with E-state index in [2.05, 4.69) is 10.3 Å². The first-order valence-electron chi connectivity index (χ1n) is 9.70. The predicted molar refractivity (Wildman–Crippen MR) is 110 cm³/mol. The van der Waals surface area contributed by atoms with Gasteiger partial charge in [-0.1, -0.05) is 25.3 Å². The van der Waals surface area contributed by atoms with Crippen molar-refractivity contribution in [3.05, 3.63) is 29.3 Å². The summed E-state index contributed by atoms with van der Waals surface area (Å²) in [7, 11) is 3.30. The molecule has 0 saturated heterocycles. The Labute approximate surface area is 166 Å². The Bertz CT molecular complexity index is 726. The van der Waals surface area contributed by atoms with Crippen LogP contribution in [0, 0.1) is 0 Å². The van der Waals surface area contributed by atoms with E-state index >= 15 is 0 Å². The van der Waals surface area contributed by atoms with Gasteiger partial charge in [0.15, 0.2) is 11.5 Å². The highest BCUT2D eigenvalue weighted by molar-refractivity contribution is 7.13. The molecule has 1 aromatic heterocycles. The van der Waals surface area contributed by atoms with E-state index in [0.717, 1.165) is 22.8 Å². The number of aliphatic hydroxyl groups is 1. The molecule has 1 atom stereocenters. The fraction of sp³-hybridized carbons (Fsp3) is 0.571. The summed E-state index contributed by atoms with van der Waals surface area (Å²) in [6.45, 7) is 3.34. The minimum absolute atomic E-state index is 0.330. The average Bonchev–Trinajstić information content (AvgIpc) is 3.15. The molecule has 148 valence electrons. The predicted octanol–water partition coefficient (Wildman–Crippen LogP) is 4.34. The summed E-state index contributed by atoms with van der Waals surface area (Å²) in [6.07, 6.45) is 5.99. The van der Waals surface area contributed by atoms with E-state index in [0.29, 0.717) is 24.1 Å². The quantitative estimate of drug-likeness (QED) is 0.726. The van der Waals surface area contributed by atoms with Crippen LogP contribution in [-0.4, -0.2) is 47.9 Å². The molecule has 6 heteroatoms. The molecule has 27 heavy (non-hydrogen) atoms. The van der Waals surface area contributed by atoms with E-state index in [1.54, 1.807) is 25.6 Å². The van der Waals surface area contributed by atoms with E-state index in [9.17, 15) is 5.11 Å². The second-order valence-electron chi connectivity index (χ2n) is 7.26. The molecular weight excluding hydrogens is 360 g/mol. The molecule has 1 aliphatic carbocycles. The van der Waals surface area contributed by atoms with Crippen LogP contribution >= 0.6 is 11.3 Å². The van der Waals surface area contributed by atoms with Crippen molar-refractivity contribution in [2.75, 3.05) is 20.8 Å². The molecule has 1 aromatic carbocycles. The third-order valence-corrected chi connectivity index (χ3v) is 6.06. The molecule has 0 bridgehead atoms. The largest absolute Gasteiger partial charge is 0.493 e. The van der Waals surface area contributed by atoms with E-state index in [-0.39, 0.29) is 6.10 Å². The van der Waals surface area contributed by atoms with Gasteiger partial charge in [-0.05, 0) is 31.9 Å². The van der Waals surface area contributed by atoms with Crippen molar-refractivity contribution in [2.24, 2.45) is 0 Å². The third kappa shape index (κ3) is 5.00. The van der Waals surface area contributed by atoms with Crippen molar-refractivity contribution in [3.63, 3.8) is 0 Å². The molecule has 0 radical (unpaired) electrons. The van der Waals surface area contributed by atoms with E-state index in [4.69, 9.17) is 14.5 Å². The summed E-state index contributed by atoms with van der Waals surface area (Å²) in [4.78, 5) is 7.27. The number of rotatable bonds is 8. The van der Waals surface area contributed by atoms with Crippen LogP contribution in [0.15, 0.2) is 23.6 Å². The Hall–Kier alpha value is -1.63. The number of thiazole rings is 1. The zero-order valence-electron chi connectivity index (χ0n) is 16.5. The lowest BCUT2D eigenvalue weighted by molar-refractivity contribution is 0.0761. The summed E-state index contributed by atoms with van der Waals surface area (Å²) in [6, 6.07) is 6.41. The SMILES string of the molecule is COc1cccc(-c2nc(CN(CC(C)O)C3CCCCC3)cs2)c1OC. The Morgan fingerprint density at radius 2 is 2.00 bits per heavy atom. The minimum Gasteiger partial charge on any atom is -0.493 e. The van der Waals surface area contributed by atoms with Gasteiger partial charge in [-0.25, -0.2) is 4.98 Å². The highest BCUT2D eigenvalue weighted by Crippen LogP contribution is 2.39. The highest BCUT2D eigenvalue weighted by atomic mass is 32.1. The lowest BCUT2D eigenvalue weighted by atomic mass is 9.94.